The van der Waals surface area contributed by atoms with Gasteiger partial charge in [0.15, 0.2) is 0 Å². The molecular formula is C11H11NO2. The monoisotopic (exact) mass is 189 g/mol. The van der Waals surface area contributed by atoms with Crippen LogP contribution < -0.4 is 5.32 Å². The van der Waals surface area contributed by atoms with Crippen molar-refractivity contribution in [2.45, 2.75) is 19.3 Å². The van der Waals surface area contributed by atoms with Gasteiger partial charge in [0.05, 0.1) is 5.41 Å². The largest absolute Gasteiger partial charge is 0.325 e. The van der Waals surface area contributed by atoms with Crippen LogP contribution in [-0.4, -0.2) is 12.2 Å². The van der Waals surface area contributed by atoms with Gasteiger partial charge in [-0.3, -0.25) is 9.59 Å². The van der Waals surface area contributed by atoms with E-state index >= 15 is 0 Å². The number of carbonyl (C=O) groups is 2. The lowest BCUT2D eigenvalue weighted by molar-refractivity contribution is -0.119. The molecule has 1 aromatic rings. The molecule has 0 saturated heterocycles. The molecule has 2 rings (SSSR count). The lowest BCUT2D eigenvalue weighted by atomic mass is 9.85. The molecule has 1 N–H and O–H groups in total. The summed E-state index contributed by atoms with van der Waals surface area (Å²) in [5, 5.41) is 2.78. The van der Waals surface area contributed by atoms with Crippen molar-refractivity contribution in [3.05, 3.63) is 29.3 Å². The second kappa shape index (κ2) is 2.67. The zero-order valence-corrected chi connectivity index (χ0v) is 8.13. The van der Waals surface area contributed by atoms with Crippen molar-refractivity contribution in [2.75, 3.05) is 5.32 Å². The highest BCUT2D eigenvalue weighted by Gasteiger charge is 2.38. The smallest absolute Gasteiger partial charge is 0.234 e. The van der Waals surface area contributed by atoms with Crippen LogP contribution in [0, 0.1) is 0 Å². The molecule has 1 aliphatic heterocycles. The SMILES string of the molecule is CC1(C)C(=O)Nc2ccc(C=O)cc21. The summed E-state index contributed by atoms with van der Waals surface area (Å²) in [7, 11) is 0. The Labute approximate surface area is 82.1 Å². The van der Waals surface area contributed by atoms with Crippen LogP contribution in [0.5, 0.6) is 0 Å². The topological polar surface area (TPSA) is 46.2 Å². The molecule has 72 valence electrons. The highest BCUT2D eigenvalue weighted by molar-refractivity contribution is 6.06. The number of fused-ring (bicyclic) bond motifs is 1. The maximum atomic E-state index is 11.6. The van der Waals surface area contributed by atoms with Crippen molar-refractivity contribution in [1.29, 1.82) is 0 Å². The molecular weight excluding hydrogens is 178 g/mol. The lowest BCUT2D eigenvalue weighted by Gasteiger charge is -2.14. The Hall–Kier alpha value is -1.64. The van der Waals surface area contributed by atoms with Crippen LogP contribution in [0.2, 0.25) is 0 Å². The van der Waals surface area contributed by atoms with E-state index in [1.807, 2.05) is 13.8 Å². The maximum Gasteiger partial charge on any atom is 0.234 e. The Morgan fingerprint density at radius 2 is 2.07 bits per heavy atom. The summed E-state index contributed by atoms with van der Waals surface area (Å²) in [6.45, 7) is 3.70. The van der Waals surface area contributed by atoms with E-state index < -0.39 is 5.41 Å². The van der Waals surface area contributed by atoms with Crippen molar-refractivity contribution in [1.82, 2.24) is 0 Å². The number of aldehydes is 1. The number of hydrogen-bond donors (Lipinski definition) is 1. The molecule has 1 aromatic carbocycles. The molecule has 14 heavy (non-hydrogen) atoms. The van der Waals surface area contributed by atoms with Crippen LogP contribution in [0.25, 0.3) is 0 Å². The van der Waals surface area contributed by atoms with E-state index in [9.17, 15) is 9.59 Å². The van der Waals surface area contributed by atoms with Gasteiger partial charge in [0, 0.05) is 11.3 Å². The second-order valence-electron chi connectivity index (χ2n) is 4.00. The number of nitrogens with one attached hydrogen (secondary N) is 1. The third kappa shape index (κ3) is 1.05. The molecule has 0 unspecified atom stereocenters. The zero-order chi connectivity index (χ0) is 10.3. The fourth-order valence-corrected chi connectivity index (χ4v) is 1.66. The fourth-order valence-electron chi connectivity index (χ4n) is 1.66. The van der Waals surface area contributed by atoms with E-state index in [-0.39, 0.29) is 5.91 Å². The van der Waals surface area contributed by atoms with E-state index in [1.54, 1.807) is 18.2 Å². The van der Waals surface area contributed by atoms with E-state index in [4.69, 9.17) is 0 Å². The summed E-state index contributed by atoms with van der Waals surface area (Å²) >= 11 is 0. The molecule has 3 heteroatoms. The minimum absolute atomic E-state index is 0.0180. The number of hydrogen-bond acceptors (Lipinski definition) is 2. The van der Waals surface area contributed by atoms with Crippen LogP contribution in [0.3, 0.4) is 0 Å². The van der Waals surface area contributed by atoms with Gasteiger partial charge in [0.25, 0.3) is 0 Å². The molecule has 3 nitrogen and oxygen atoms in total. The zero-order valence-electron chi connectivity index (χ0n) is 8.13. The first kappa shape index (κ1) is 8.94. The summed E-state index contributed by atoms with van der Waals surface area (Å²) in [6, 6.07) is 5.24. The minimum atomic E-state index is -0.533. The highest BCUT2D eigenvalue weighted by atomic mass is 16.2. The minimum Gasteiger partial charge on any atom is -0.325 e. The summed E-state index contributed by atoms with van der Waals surface area (Å²) in [4.78, 5) is 22.1. The third-order valence-corrected chi connectivity index (χ3v) is 2.67. The quantitative estimate of drug-likeness (QED) is 0.684. The van der Waals surface area contributed by atoms with E-state index in [2.05, 4.69) is 5.32 Å². The lowest BCUT2D eigenvalue weighted by Crippen LogP contribution is -2.26. The van der Waals surface area contributed by atoms with Crippen LogP contribution >= 0.6 is 0 Å². The molecule has 0 aliphatic carbocycles. The Bertz CT molecular complexity index is 421. The second-order valence-corrected chi connectivity index (χ2v) is 4.00. The van der Waals surface area contributed by atoms with Gasteiger partial charge < -0.3 is 5.32 Å². The van der Waals surface area contributed by atoms with Crippen molar-refractivity contribution >= 4 is 17.9 Å². The molecule has 1 aliphatic rings. The van der Waals surface area contributed by atoms with Gasteiger partial charge in [0.2, 0.25) is 5.91 Å². The van der Waals surface area contributed by atoms with Crippen molar-refractivity contribution in [3.63, 3.8) is 0 Å². The van der Waals surface area contributed by atoms with Crippen LogP contribution in [0.1, 0.15) is 29.8 Å². The predicted octanol–water partition coefficient (Wildman–Crippen LogP) is 1.73. The van der Waals surface area contributed by atoms with E-state index in [0.717, 1.165) is 17.5 Å². The molecule has 0 atom stereocenters. The number of rotatable bonds is 1. The standard InChI is InChI=1S/C11H11NO2/c1-11(2)8-5-7(6-13)3-4-9(8)12-10(11)14/h3-6H,1-2H3,(H,12,14). The normalized spacial score (nSPS) is 17.4. The van der Waals surface area contributed by atoms with Crippen LogP contribution in [-0.2, 0) is 10.2 Å². The van der Waals surface area contributed by atoms with E-state index in [0.29, 0.717) is 5.56 Å². The molecule has 0 radical (unpaired) electrons. The van der Waals surface area contributed by atoms with Gasteiger partial charge in [-0.15, -0.1) is 0 Å². The number of carbonyl (C=O) groups excluding carboxylic acids is 2. The Morgan fingerprint density at radius 3 is 2.71 bits per heavy atom. The first-order valence-electron chi connectivity index (χ1n) is 4.47. The Balaban J connectivity index is 2.62. The molecule has 0 spiro atoms. The first-order chi connectivity index (χ1) is 6.55. The highest BCUT2D eigenvalue weighted by Crippen LogP contribution is 2.37. The fraction of sp³-hybridized carbons (Fsp3) is 0.273. The Kier molecular flexibility index (Phi) is 1.71. The molecule has 0 bridgehead atoms. The van der Waals surface area contributed by atoms with Gasteiger partial charge in [-0.25, -0.2) is 0 Å². The van der Waals surface area contributed by atoms with Crippen molar-refractivity contribution in [2.24, 2.45) is 0 Å². The predicted molar refractivity (Wildman–Crippen MR) is 53.5 cm³/mol. The molecule has 0 fully saturated rings. The first-order valence-corrected chi connectivity index (χ1v) is 4.47. The van der Waals surface area contributed by atoms with Gasteiger partial charge in [-0.2, -0.15) is 0 Å². The number of amides is 1. The molecule has 1 amide bonds. The van der Waals surface area contributed by atoms with Crippen LogP contribution in [0.4, 0.5) is 5.69 Å². The van der Waals surface area contributed by atoms with Gasteiger partial charge in [-0.05, 0) is 37.6 Å². The summed E-state index contributed by atoms with van der Waals surface area (Å²) in [6.07, 6.45) is 0.791. The van der Waals surface area contributed by atoms with Crippen molar-refractivity contribution < 1.29 is 9.59 Å². The average molecular weight is 189 g/mol. The number of benzene rings is 1. The number of anilines is 1. The summed E-state index contributed by atoms with van der Waals surface area (Å²) < 4.78 is 0. The summed E-state index contributed by atoms with van der Waals surface area (Å²) in [5.41, 5.74) is 1.78. The molecule has 0 aromatic heterocycles. The van der Waals surface area contributed by atoms with Gasteiger partial charge in [0.1, 0.15) is 6.29 Å². The summed E-state index contributed by atoms with van der Waals surface area (Å²) in [5.74, 6) is -0.0180. The van der Waals surface area contributed by atoms with Gasteiger partial charge in [-0.1, -0.05) is 0 Å². The van der Waals surface area contributed by atoms with Crippen LogP contribution in [0.15, 0.2) is 18.2 Å². The van der Waals surface area contributed by atoms with Gasteiger partial charge >= 0.3 is 0 Å². The Morgan fingerprint density at radius 1 is 1.36 bits per heavy atom. The van der Waals surface area contributed by atoms with E-state index in [1.165, 1.54) is 0 Å². The molecule has 1 heterocycles. The third-order valence-electron chi connectivity index (χ3n) is 2.67. The maximum absolute atomic E-state index is 11.6. The average Bonchev–Trinajstić information content (AvgIpc) is 2.38. The van der Waals surface area contributed by atoms with Crippen molar-refractivity contribution in [3.8, 4) is 0 Å². The molecule has 0 saturated carbocycles.